The van der Waals surface area contributed by atoms with Gasteiger partial charge in [0.05, 0.1) is 11.2 Å². The molecule has 0 spiro atoms. The lowest BCUT2D eigenvalue weighted by molar-refractivity contribution is 0.216. The summed E-state index contributed by atoms with van der Waals surface area (Å²) >= 11 is 3.42. The Balaban J connectivity index is 2.17. The molecule has 4 heteroatoms. The zero-order valence-electron chi connectivity index (χ0n) is 9.99. The van der Waals surface area contributed by atoms with Gasteiger partial charge in [0.15, 0.2) is 0 Å². The van der Waals surface area contributed by atoms with Crippen LogP contribution in [-0.2, 0) is 0 Å². The summed E-state index contributed by atoms with van der Waals surface area (Å²) in [5.41, 5.74) is 2.29. The van der Waals surface area contributed by atoms with Gasteiger partial charge in [-0.15, -0.1) is 0 Å². The van der Waals surface area contributed by atoms with Crippen molar-refractivity contribution in [1.29, 1.82) is 0 Å². The Morgan fingerprint density at radius 1 is 0.947 bits per heavy atom. The fraction of sp³-hybridized carbons (Fsp3) is 0.0667. The fourth-order valence-corrected chi connectivity index (χ4v) is 2.58. The van der Waals surface area contributed by atoms with Crippen LogP contribution in [0.1, 0.15) is 17.4 Å². The van der Waals surface area contributed by atoms with Gasteiger partial charge in [-0.1, -0.05) is 18.2 Å². The molecule has 0 saturated heterocycles. The van der Waals surface area contributed by atoms with Crippen LogP contribution < -0.4 is 0 Å². The first-order valence-corrected chi connectivity index (χ1v) is 6.69. The van der Waals surface area contributed by atoms with Gasteiger partial charge < -0.3 is 5.11 Å². The first-order valence-electron chi connectivity index (χ1n) is 5.89. The molecule has 1 N–H and O–H groups in total. The highest BCUT2D eigenvalue weighted by molar-refractivity contribution is 9.10. The summed E-state index contributed by atoms with van der Waals surface area (Å²) in [5, 5.41) is 11.5. The highest BCUT2D eigenvalue weighted by atomic mass is 79.9. The van der Waals surface area contributed by atoms with E-state index in [9.17, 15) is 5.11 Å². The van der Waals surface area contributed by atoms with Crippen LogP contribution in [0, 0.1) is 0 Å². The average Bonchev–Trinajstić information content (AvgIpc) is 2.46. The van der Waals surface area contributed by atoms with Crippen LogP contribution >= 0.6 is 15.9 Å². The molecule has 3 nitrogen and oxygen atoms in total. The molecule has 0 fully saturated rings. The summed E-state index contributed by atoms with van der Waals surface area (Å²) in [4.78, 5) is 8.54. The van der Waals surface area contributed by atoms with Gasteiger partial charge in [-0.2, -0.15) is 0 Å². The Hall–Kier alpha value is -1.78. The van der Waals surface area contributed by atoms with Crippen molar-refractivity contribution in [2.45, 2.75) is 6.10 Å². The minimum absolute atomic E-state index is 0.610. The third-order valence-corrected chi connectivity index (χ3v) is 3.69. The molecule has 0 bridgehead atoms. The first kappa shape index (κ1) is 12.3. The van der Waals surface area contributed by atoms with Crippen molar-refractivity contribution in [2.75, 3.05) is 0 Å². The maximum atomic E-state index is 10.6. The molecular weight excluding hydrogens is 304 g/mol. The van der Waals surface area contributed by atoms with E-state index in [4.69, 9.17) is 0 Å². The van der Waals surface area contributed by atoms with Crippen molar-refractivity contribution in [2.24, 2.45) is 0 Å². The van der Waals surface area contributed by atoms with Crippen LogP contribution in [0.5, 0.6) is 0 Å². The molecule has 0 aliphatic rings. The molecule has 2 aromatic heterocycles. The van der Waals surface area contributed by atoms with Crippen LogP contribution in [0.3, 0.4) is 0 Å². The van der Waals surface area contributed by atoms with E-state index >= 15 is 0 Å². The molecular formula is C15H11BrN2O. The van der Waals surface area contributed by atoms with E-state index in [1.165, 1.54) is 0 Å². The van der Waals surface area contributed by atoms with Gasteiger partial charge >= 0.3 is 0 Å². The third-order valence-electron chi connectivity index (χ3n) is 3.02. The number of aliphatic hydroxyl groups excluding tert-OH is 1. The van der Waals surface area contributed by atoms with Crippen molar-refractivity contribution in [3.63, 3.8) is 0 Å². The second kappa shape index (κ2) is 5.07. The fourth-order valence-electron chi connectivity index (χ4n) is 2.11. The number of aromatic nitrogens is 2. The lowest BCUT2D eigenvalue weighted by Crippen LogP contribution is -2.04. The van der Waals surface area contributed by atoms with Gasteiger partial charge in [-0.25, -0.2) is 0 Å². The minimum atomic E-state index is -0.775. The van der Waals surface area contributed by atoms with Gasteiger partial charge in [0.25, 0.3) is 0 Å². The Kier molecular flexibility index (Phi) is 3.27. The molecule has 3 aromatic rings. The average molecular weight is 315 g/mol. The molecule has 0 saturated carbocycles. The van der Waals surface area contributed by atoms with Crippen molar-refractivity contribution in [3.8, 4) is 0 Å². The Morgan fingerprint density at radius 3 is 2.58 bits per heavy atom. The van der Waals surface area contributed by atoms with Gasteiger partial charge in [0.2, 0.25) is 0 Å². The van der Waals surface area contributed by atoms with Crippen LogP contribution in [-0.4, -0.2) is 15.1 Å². The lowest BCUT2D eigenvalue weighted by atomic mass is 10.0. The number of hydrogen-bond donors (Lipinski definition) is 1. The number of nitrogens with zero attached hydrogens (tertiary/aromatic N) is 2. The minimum Gasteiger partial charge on any atom is -0.382 e. The van der Waals surface area contributed by atoms with E-state index in [1.54, 1.807) is 12.4 Å². The summed E-state index contributed by atoms with van der Waals surface area (Å²) in [6.45, 7) is 0. The number of halogens is 1. The number of pyridine rings is 2. The molecule has 0 aliphatic heterocycles. The molecule has 19 heavy (non-hydrogen) atoms. The second-order valence-electron chi connectivity index (χ2n) is 4.19. The number of aliphatic hydroxyl groups is 1. The van der Waals surface area contributed by atoms with Crippen LogP contribution in [0.2, 0.25) is 0 Å². The summed E-state index contributed by atoms with van der Waals surface area (Å²) in [6, 6.07) is 13.2. The maximum absolute atomic E-state index is 10.6. The van der Waals surface area contributed by atoms with Crippen molar-refractivity contribution in [3.05, 3.63) is 70.6 Å². The predicted molar refractivity (Wildman–Crippen MR) is 77.7 cm³/mol. The summed E-state index contributed by atoms with van der Waals surface area (Å²) in [7, 11) is 0. The van der Waals surface area contributed by atoms with E-state index in [2.05, 4.69) is 25.9 Å². The SMILES string of the molecule is OC(c1ncccc1Br)c1cccc2ncccc12. The molecule has 3 rings (SSSR count). The normalized spacial score (nSPS) is 12.5. The largest absolute Gasteiger partial charge is 0.382 e. The molecule has 1 unspecified atom stereocenters. The zero-order valence-corrected chi connectivity index (χ0v) is 11.6. The van der Waals surface area contributed by atoms with E-state index in [1.807, 2.05) is 42.5 Å². The topological polar surface area (TPSA) is 46.0 Å². The van der Waals surface area contributed by atoms with Gasteiger partial charge in [-0.3, -0.25) is 9.97 Å². The van der Waals surface area contributed by atoms with E-state index in [-0.39, 0.29) is 0 Å². The van der Waals surface area contributed by atoms with E-state index in [0.29, 0.717) is 5.69 Å². The molecule has 1 atom stereocenters. The summed E-state index contributed by atoms with van der Waals surface area (Å²) in [6.07, 6.45) is 2.64. The van der Waals surface area contributed by atoms with Crippen molar-refractivity contribution in [1.82, 2.24) is 9.97 Å². The first-order chi connectivity index (χ1) is 9.27. The number of fused-ring (bicyclic) bond motifs is 1. The quantitative estimate of drug-likeness (QED) is 0.787. The maximum Gasteiger partial charge on any atom is 0.123 e. The number of rotatable bonds is 2. The number of hydrogen-bond acceptors (Lipinski definition) is 3. The van der Waals surface area contributed by atoms with Gasteiger partial charge in [-0.05, 0) is 45.8 Å². The Bertz CT molecular complexity index is 725. The van der Waals surface area contributed by atoms with E-state index < -0.39 is 6.10 Å². The second-order valence-corrected chi connectivity index (χ2v) is 5.04. The summed E-state index contributed by atoms with van der Waals surface area (Å²) < 4.78 is 0.795. The van der Waals surface area contributed by atoms with E-state index in [0.717, 1.165) is 20.9 Å². The standard InChI is InChI=1S/C15H11BrN2O/c16-12-6-3-9-18-14(12)15(19)11-4-1-7-13-10(11)5-2-8-17-13/h1-9,15,19H. The Morgan fingerprint density at radius 2 is 1.74 bits per heavy atom. The Labute approximate surface area is 119 Å². The predicted octanol–water partition coefficient (Wildman–Crippen LogP) is 3.47. The van der Waals surface area contributed by atoms with Crippen LogP contribution in [0.15, 0.2) is 59.3 Å². The monoisotopic (exact) mass is 314 g/mol. The van der Waals surface area contributed by atoms with Crippen LogP contribution in [0.25, 0.3) is 10.9 Å². The number of benzene rings is 1. The van der Waals surface area contributed by atoms with Gasteiger partial charge in [0.1, 0.15) is 6.10 Å². The van der Waals surface area contributed by atoms with Crippen molar-refractivity contribution >= 4 is 26.8 Å². The highest BCUT2D eigenvalue weighted by Crippen LogP contribution is 2.30. The zero-order chi connectivity index (χ0) is 13.2. The van der Waals surface area contributed by atoms with Gasteiger partial charge in [0, 0.05) is 22.3 Å². The lowest BCUT2D eigenvalue weighted by Gasteiger charge is -2.14. The molecule has 0 amide bonds. The molecule has 94 valence electrons. The van der Waals surface area contributed by atoms with Crippen molar-refractivity contribution < 1.29 is 5.11 Å². The molecule has 2 heterocycles. The van der Waals surface area contributed by atoms with Crippen LogP contribution in [0.4, 0.5) is 0 Å². The summed E-state index contributed by atoms with van der Waals surface area (Å²) in [5.74, 6) is 0. The highest BCUT2D eigenvalue weighted by Gasteiger charge is 2.17. The third kappa shape index (κ3) is 2.25. The molecule has 0 aliphatic carbocycles. The smallest absolute Gasteiger partial charge is 0.123 e. The molecule has 0 radical (unpaired) electrons. The molecule has 1 aromatic carbocycles.